The minimum atomic E-state index is 0.329. The summed E-state index contributed by atoms with van der Waals surface area (Å²) in [7, 11) is 0. The van der Waals surface area contributed by atoms with Crippen molar-refractivity contribution in [3.8, 4) is 0 Å². The molecule has 0 aliphatic rings. The zero-order valence-electron chi connectivity index (χ0n) is 12.6. The third-order valence-electron chi connectivity index (χ3n) is 2.61. The third kappa shape index (κ3) is 8.30. The van der Waals surface area contributed by atoms with E-state index < -0.39 is 0 Å². The maximum Gasteiger partial charge on any atom is 0.0563 e. The van der Waals surface area contributed by atoms with E-state index in [0.29, 0.717) is 12.0 Å². The lowest BCUT2D eigenvalue weighted by Crippen LogP contribution is -2.18. The first-order chi connectivity index (χ1) is 9.08. The van der Waals surface area contributed by atoms with Crippen LogP contribution in [0.15, 0.2) is 29.2 Å². The topological polar surface area (TPSA) is 21.3 Å². The molecule has 0 bridgehead atoms. The first-order valence-electron chi connectivity index (χ1n) is 7.12. The summed E-state index contributed by atoms with van der Waals surface area (Å²) >= 11 is 1.85. The average molecular weight is 281 g/mol. The van der Waals surface area contributed by atoms with Crippen molar-refractivity contribution in [3.63, 3.8) is 0 Å². The number of hydrogen-bond donors (Lipinski definition) is 1. The zero-order valence-corrected chi connectivity index (χ0v) is 13.4. The quantitative estimate of drug-likeness (QED) is 0.547. The van der Waals surface area contributed by atoms with Crippen LogP contribution in [0.2, 0.25) is 0 Å². The van der Waals surface area contributed by atoms with Crippen LogP contribution in [0.5, 0.6) is 0 Å². The molecule has 3 heteroatoms. The van der Waals surface area contributed by atoms with Gasteiger partial charge in [-0.05, 0) is 44.0 Å². The molecule has 0 aliphatic heterocycles. The van der Waals surface area contributed by atoms with Gasteiger partial charge in [-0.3, -0.25) is 0 Å². The molecule has 0 saturated heterocycles. The highest BCUT2D eigenvalue weighted by Crippen LogP contribution is 2.18. The lowest BCUT2D eigenvalue weighted by atomic mass is 10.2. The van der Waals surface area contributed by atoms with Crippen LogP contribution >= 0.6 is 11.8 Å². The van der Waals surface area contributed by atoms with Gasteiger partial charge in [0.1, 0.15) is 0 Å². The van der Waals surface area contributed by atoms with Crippen molar-refractivity contribution >= 4 is 11.8 Å². The van der Waals surface area contributed by atoms with Gasteiger partial charge in [-0.15, -0.1) is 11.8 Å². The largest absolute Gasteiger partial charge is 0.378 e. The molecule has 2 nitrogen and oxygen atoms in total. The molecule has 0 spiro atoms. The lowest BCUT2D eigenvalue weighted by Gasteiger charge is -2.09. The summed E-state index contributed by atoms with van der Waals surface area (Å²) in [6.07, 6.45) is 0.329. The number of ether oxygens (including phenoxy) is 1. The van der Waals surface area contributed by atoms with Crippen molar-refractivity contribution in [2.75, 3.05) is 18.9 Å². The van der Waals surface area contributed by atoms with Crippen LogP contribution < -0.4 is 5.32 Å². The Kier molecular flexibility index (Phi) is 8.19. The smallest absolute Gasteiger partial charge is 0.0563 e. The summed E-state index contributed by atoms with van der Waals surface area (Å²) in [6.45, 7) is 11.5. The second-order valence-corrected chi connectivity index (χ2v) is 6.61. The molecule has 0 atom stereocenters. The van der Waals surface area contributed by atoms with Crippen LogP contribution in [0.4, 0.5) is 0 Å². The first-order valence-corrected chi connectivity index (χ1v) is 8.10. The normalized spacial score (nSPS) is 11.5. The number of benzene rings is 1. The zero-order chi connectivity index (χ0) is 14.1. The van der Waals surface area contributed by atoms with Crippen LogP contribution in [-0.4, -0.2) is 25.0 Å². The van der Waals surface area contributed by atoms with Crippen LogP contribution in [0.3, 0.4) is 0 Å². The summed E-state index contributed by atoms with van der Waals surface area (Å²) < 4.78 is 5.53. The van der Waals surface area contributed by atoms with Gasteiger partial charge in [0.15, 0.2) is 0 Å². The molecule has 0 heterocycles. The molecule has 1 rings (SSSR count). The molecule has 0 unspecified atom stereocenters. The van der Waals surface area contributed by atoms with E-state index in [0.717, 1.165) is 25.4 Å². The van der Waals surface area contributed by atoms with E-state index in [-0.39, 0.29) is 0 Å². The van der Waals surface area contributed by atoms with Crippen LogP contribution in [0.1, 0.15) is 33.3 Å². The number of nitrogens with one attached hydrogen (secondary N) is 1. The Morgan fingerprint density at radius 1 is 1.11 bits per heavy atom. The van der Waals surface area contributed by atoms with E-state index in [2.05, 4.69) is 57.3 Å². The highest BCUT2D eigenvalue weighted by atomic mass is 32.2. The Balaban J connectivity index is 2.23. The van der Waals surface area contributed by atoms with Gasteiger partial charge in [0.05, 0.1) is 12.7 Å². The molecular formula is C16H27NOS. The fraction of sp³-hybridized carbons (Fsp3) is 0.625. The number of rotatable bonds is 9. The van der Waals surface area contributed by atoms with Crippen molar-refractivity contribution in [2.24, 2.45) is 5.92 Å². The van der Waals surface area contributed by atoms with Crippen molar-refractivity contribution in [2.45, 2.75) is 45.2 Å². The molecule has 0 radical (unpaired) electrons. The van der Waals surface area contributed by atoms with Crippen molar-refractivity contribution in [3.05, 3.63) is 29.8 Å². The van der Waals surface area contributed by atoms with Gasteiger partial charge in [0.25, 0.3) is 0 Å². The second kappa shape index (κ2) is 9.40. The molecule has 0 aliphatic carbocycles. The average Bonchev–Trinajstić information content (AvgIpc) is 2.36. The predicted octanol–water partition coefficient (Wildman–Crippen LogP) is 3.95. The Morgan fingerprint density at radius 3 is 2.37 bits per heavy atom. The maximum atomic E-state index is 5.53. The fourth-order valence-electron chi connectivity index (χ4n) is 1.65. The second-order valence-electron chi connectivity index (χ2n) is 5.44. The molecule has 0 aromatic heterocycles. The van der Waals surface area contributed by atoms with Crippen LogP contribution in [0.25, 0.3) is 0 Å². The first kappa shape index (κ1) is 16.5. The third-order valence-corrected chi connectivity index (χ3v) is 3.58. The van der Waals surface area contributed by atoms with Gasteiger partial charge in [0.2, 0.25) is 0 Å². The molecule has 1 N–H and O–H groups in total. The van der Waals surface area contributed by atoms with Gasteiger partial charge in [-0.1, -0.05) is 26.0 Å². The van der Waals surface area contributed by atoms with Crippen molar-refractivity contribution < 1.29 is 4.74 Å². The summed E-state index contributed by atoms with van der Waals surface area (Å²) in [4.78, 5) is 1.32. The molecular weight excluding hydrogens is 254 g/mol. The maximum absolute atomic E-state index is 5.53. The minimum Gasteiger partial charge on any atom is -0.378 e. The molecule has 1 aromatic rings. The van der Waals surface area contributed by atoms with Gasteiger partial charge in [0, 0.05) is 17.2 Å². The van der Waals surface area contributed by atoms with Crippen molar-refractivity contribution in [1.29, 1.82) is 0 Å². The van der Waals surface area contributed by atoms with E-state index in [9.17, 15) is 0 Å². The highest BCUT2D eigenvalue weighted by Gasteiger charge is 1.98. The van der Waals surface area contributed by atoms with E-state index in [1.807, 2.05) is 11.8 Å². The molecule has 108 valence electrons. The minimum absolute atomic E-state index is 0.329. The number of thioether (sulfide) groups is 1. The van der Waals surface area contributed by atoms with E-state index in [4.69, 9.17) is 4.74 Å². The highest BCUT2D eigenvalue weighted by molar-refractivity contribution is 7.99. The Morgan fingerprint density at radius 2 is 1.79 bits per heavy atom. The van der Waals surface area contributed by atoms with E-state index in [1.54, 1.807) is 0 Å². The van der Waals surface area contributed by atoms with Crippen molar-refractivity contribution in [1.82, 2.24) is 5.32 Å². The van der Waals surface area contributed by atoms with E-state index >= 15 is 0 Å². The van der Waals surface area contributed by atoms with E-state index in [1.165, 1.54) is 10.5 Å². The summed E-state index contributed by atoms with van der Waals surface area (Å²) in [6, 6.07) is 8.82. The van der Waals surface area contributed by atoms with Gasteiger partial charge in [-0.2, -0.15) is 0 Å². The Bertz CT molecular complexity index is 335. The fourth-order valence-corrected chi connectivity index (χ4v) is 2.40. The number of hydrogen-bond acceptors (Lipinski definition) is 3. The Labute approximate surface area is 122 Å². The predicted molar refractivity (Wildman–Crippen MR) is 84.8 cm³/mol. The molecule has 0 amide bonds. The van der Waals surface area contributed by atoms with Crippen LogP contribution in [-0.2, 0) is 11.3 Å². The lowest BCUT2D eigenvalue weighted by molar-refractivity contribution is 0.0920. The summed E-state index contributed by atoms with van der Waals surface area (Å²) in [5.74, 6) is 1.72. The van der Waals surface area contributed by atoms with Gasteiger partial charge >= 0.3 is 0 Å². The van der Waals surface area contributed by atoms with Gasteiger partial charge < -0.3 is 10.1 Å². The molecule has 19 heavy (non-hydrogen) atoms. The molecule has 0 saturated carbocycles. The Hall–Kier alpha value is -0.510. The van der Waals surface area contributed by atoms with Crippen LogP contribution in [0, 0.1) is 5.92 Å². The molecule has 0 fully saturated rings. The molecule has 1 aromatic carbocycles. The monoisotopic (exact) mass is 281 g/mol. The standard InChI is InChI=1S/C16H27NOS/c1-13(2)11-17-12-15-5-7-16(8-6-15)19-10-9-18-14(3)4/h5-8,13-14,17H,9-12H2,1-4H3. The SMILES string of the molecule is CC(C)CNCc1ccc(SCCOC(C)C)cc1. The summed E-state index contributed by atoms with van der Waals surface area (Å²) in [5, 5.41) is 3.46. The van der Waals surface area contributed by atoms with Gasteiger partial charge in [-0.25, -0.2) is 0 Å². The summed E-state index contributed by atoms with van der Waals surface area (Å²) in [5.41, 5.74) is 1.35.